The Bertz CT molecular complexity index is 10100. The third-order valence-electron chi connectivity index (χ3n) is 23.9. The number of para-hydroxylation sites is 1. The smallest absolute Gasteiger partial charge is 0.136 e. The maximum atomic E-state index is 9.13. The van der Waals surface area contributed by atoms with Gasteiger partial charge in [-0.1, -0.05) is 406 Å². The molecule has 23 aromatic carbocycles. The summed E-state index contributed by atoms with van der Waals surface area (Å²) in [6.45, 7) is 0. The summed E-state index contributed by atoms with van der Waals surface area (Å²) in [7, 11) is 0. The highest BCUT2D eigenvalue weighted by Gasteiger charge is 2.23. The van der Waals surface area contributed by atoms with Crippen LogP contribution in [0.2, 0.25) is 0 Å². The molecule has 3 heteroatoms. The summed E-state index contributed by atoms with van der Waals surface area (Å²) >= 11 is 0. The van der Waals surface area contributed by atoms with E-state index in [2.05, 4.69) is 54.6 Å². The first kappa shape index (κ1) is 51.9. The minimum atomic E-state index is -0.420. The topological polar surface area (TPSA) is 39.4 Å². The molecule has 0 N–H and O–H groups in total. The van der Waals surface area contributed by atoms with Crippen LogP contribution in [0.25, 0.3) is 252 Å². The lowest BCUT2D eigenvalue weighted by Gasteiger charge is -2.18. The minimum absolute atomic E-state index is 0.195. The Morgan fingerprint density at radius 3 is 0.864 bits per heavy atom. The summed E-state index contributed by atoms with van der Waals surface area (Å²) in [6.07, 6.45) is 0. The van der Waals surface area contributed by atoms with E-state index in [0.717, 1.165) is 121 Å². The van der Waals surface area contributed by atoms with Crippen LogP contribution in [-0.4, -0.2) is 0 Å². The quantitative estimate of drug-likeness (QED) is 0.135. The molecule has 26 aromatic rings. The van der Waals surface area contributed by atoms with Gasteiger partial charge in [0, 0.05) is 32.3 Å². The molecule has 0 aliphatic heterocycles. The van der Waals surface area contributed by atoms with Gasteiger partial charge in [-0.15, -0.1) is 0 Å². The molecule has 0 unspecified atom stereocenters. The SMILES string of the molecule is [2H]c1c([2H])c([2H])c2c(-c3ccc(-c4ccc5c(c4)oc4cc6ccccc6cc45)cc3)c3c([2H])c([2H])c([2H])c([2H])c3c(-c3ccccc3)c2c1[2H].[2H]c1c([2H])c([2H])c2c(-c3ccc(-c4ccc5c(c4)oc4ccc6ccccc6c45)cc3)c3c([2H])c([2H])c([2H])c([2H])c3c(-c3ccccc3)c2c1[2H].[2H]c1c([2H])c([2H])c2c(-c3ccc(-c4cccc5oc6ccccc6c45)cc3)c3c([2H])c([2H])c([2H])c([2H])c3c(-c3ccccc3)c2c1[2H]. The first-order chi connectivity index (χ1) is 72.0. The molecule has 3 heterocycles. The van der Waals surface area contributed by atoms with Crippen molar-refractivity contribution in [1.29, 1.82) is 0 Å². The molecule has 582 valence electrons. The van der Waals surface area contributed by atoms with Crippen LogP contribution in [0, 0.1) is 0 Å². The van der Waals surface area contributed by atoms with Crippen LogP contribution in [0.4, 0.5) is 0 Å². The number of fused-ring (bicyclic) bond motifs is 18. The molecular weight excluding hydrogens is 1510 g/mol. The highest BCUT2D eigenvalue weighted by Crippen LogP contribution is 2.50. The van der Waals surface area contributed by atoms with Crippen molar-refractivity contribution in [2.45, 2.75) is 0 Å². The van der Waals surface area contributed by atoms with Gasteiger partial charge in [-0.05, 0) is 241 Å². The van der Waals surface area contributed by atoms with Crippen molar-refractivity contribution in [3.8, 4) is 100 Å². The third-order valence-corrected chi connectivity index (χ3v) is 23.9. The Hall–Kier alpha value is -16.5. The molecule has 0 atom stereocenters. The number of hydrogen-bond acceptors (Lipinski definition) is 3. The predicted molar refractivity (Wildman–Crippen MR) is 530 cm³/mol. The lowest BCUT2D eigenvalue weighted by atomic mass is 9.85. The fourth-order valence-corrected chi connectivity index (χ4v) is 18.3. The monoisotopic (exact) mass is 1610 g/mol. The second-order valence-corrected chi connectivity index (χ2v) is 30.8. The Kier molecular flexibility index (Phi) is 12.6. The second-order valence-electron chi connectivity index (χ2n) is 30.8. The number of rotatable bonds is 9. The lowest BCUT2D eigenvalue weighted by molar-refractivity contribution is 0.668. The minimum Gasteiger partial charge on any atom is -0.456 e. The van der Waals surface area contributed by atoms with Gasteiger partial charge in [0.1, 0.15) is 33.5 Å². The molecule has 3 nitrogen and oxygen atoms in total. The third kappa shape index (κ3) is 12.5. The highest BCUT2D eigenvalue weighted by atomic mass is 16.3. The zero-order chi connectivity index (χ0) is 103. The molecule has 0 radical (unpaired) electrons. The molecule has 26 rings (SSSR count). The molecule has 125 heavy (non-hydrogen) atoms. The van der Waals surface area contributed by atoms with Gasteiger partial charge in [0.05, 0.1) is 32.9 Å². The maximum absolute atomic E-state index is 9.13. The van der Waals surface area contributed by atoms with E-state index in [1.54, 1.807) is 72.8 Å². The van der Waals surface area contributed by atoms with Crippen LogP contribution in [-0.2, 0) is 0 Å². The fourth-order valence-electron chi connectivity index (χ4n) is 18.3. The van der Waals surface area contributed by atoms with Crippen LogP contribution in [0.5, 0.6) is 0 Å². The van der Waals surface area contributed by atoms with Gasteiger partial charge in [0.15, 0.2) is 0 Å². The highest BCUT2D eigenvalue weighted by molar-refractivity contribution is 6.26. The lowest BCUT2D eigenvalue weighted by Crippen LogP contribution is -1.90. The molecule has 0 spiro atoms. The Morgan fingerprint density at radius 2 is 0.432 bits per heavy atom. The van der Waals surface area contributed by atoms with Crippen LogP contribution in [0.15, 0.2) is 474 Å². The number of hydrogen-bond donors (Lipinski definition) is 0. The van der Waals surface area contributed by atoms with Gasteiger partial charge in [0.2, 0.25) is 0 Å². The van der Waals surface area contributed by atoms with Crippen LogP contribution in [0.1, 0.15) is 32.9 Å². The van der Waals surface area contributed by atoms with Crippen molar-refractivity contribution < 1.29 is 46.1 Å². The summed E-state index contributed by atoms with van der Waals surface area (Å²) in [4.78, 5) is 0. The van der Waals surface area contributed by atoms with Crippen molar-refractivity contribution in [2.75, 3.05) is 0 Å². The Balaban J connectivity index is 0.000000119. The van der Waals surface area contributed by atoms with Gasteiger partial charge in [0.25, 0.3) is 0 Å². The van der Waals surface area contributed by atoms with Gasteiger partial charge >= 0.3 is 0 Å². The molecule has 0 bridgehead atoms. The van der Waals surface area contributed by atoms with Gasteiger partial charge in [-0.2, -0.15) is 0 Å². The van der Waals surface area contributed by atoms with E-state index in [1.165, 1.54) is 0 Å². The van der Waals surface area contributed by atoms with E-state index in [1.807, 2.05) is 188 Å². The van der Waals surface area contributed by atoms with E-state index in [9.17, 15) is 0 Å². The Morgan fingerprint density at radius 1 is 0.144 bits per heavy atom. The molecule has 0 fully saturated rings. The van der Waals surface area contributed by atoms with Gasteiger partial charge in [-0.25, -0.2) is 0 Å². The van der Waals surface area contributed by atoms with Crippen molar-refractivity contribution in [3.05, 3.63) is 460 Å². The summed E-state index contributed by atoms with van der Waals surface area (Å²) in [5.74, 6) is 0. The molecule has 0 amide bonds. The average Bonchev–Trinajstić information content (AvgIpc) is 1.59. The second kappa shape index (κ2) is 30.4. The predicted octanol–water partition coefficient (Wildman–Crippen LogP) is 35.0. The van der Waals surface area contributed by atoms with Crippen molar-refractivity contribution in [1.82, 2.24) is 0 Å². The summed E-state index contributed by atoms with van der Waals surface area (Å²) < 4.78 is 231. The number of benzene rings is 23. The van der Waals surface area contributed by atoms with Crippen molar-refractivity contribution in [3.63, 3.8) is 0 Å². The van der Waals surface area contributed by atoms with Gasteiger partial charge in [-0.3, -0.25) is 0 Å². The molecular formula is C122H76O3. The molecule has 0 saturated heterocycles. The zero-order valence-electron chi connectivity index (χ0n) is 90.2. The molecule has 0 saturated carbocycles. The van der Waals surface area contributed by atoms with Crippen molar-refractivity contribution in [2.24, 2.45) is 0 Å². The normalized spacial score (nSPS) is 14.4. The van der Waals surface area contributed by atoms with Crippen LogP contribution < -0.4 is 0 Å². The summed E-state index contributed by atoms with van der Waals surface area (Å²) in [5, 5.41) is 13.0. The van der Waals surface area contributed by atoms with E-state index < -0.39 is 72.5 Å². The first-order valence-electron chi connectivity index (χ1n) is 52.9. The van der Waals surface area contributed by atoms with Crippen LogP contribution >= 0.6 is 0 Å². The maximum Gasteiger partial charge on any atom is 0.136 e. The molecule has 0 aliphatic rings. The first-order valence-corrected chi connectivity index (χ1v) is 40.9. The summed E-state index contributed by atoms with van der Waals surface area (Å²) in [5.41, 5.74) is 15.5. The fraction of sp³-hybridized carbons (Fsp3) is 0. The van der Waals surface area contributed by atoms with E-state index in [4.69, 9.17) is 46.1 Å². The largest absolute Gasteiger partial charge is 0.456 e. The van der Waals surface area contributed by atoms with E-state index >= 15 is 0 Å². The zero-order valence-corrected chi connectivity index (χ0v) is 66.2. The van der Waals surface area contributed by atoms with E-state index in [-0.39, 0.29) is 137 Å². The van der Waals surface area contributed by atoms with Gasteiger partial charge < -0.3 is 13.3 Å². The van der Waals surface area contributed by atoms with E-state index in [0.29, 0.717) is 66.8 Å². The summed E-state index contributed by atoms with van der Waals surface area (Å²) in [6, 6.07) is 91.7. The standard InChI is InChI=1S/2C42H26O.C38H24O/c1-2-11-29(12-3-1)40-33-14-6-8-16-35(33)41(36-17-9-7-15-34(36)40)30-20-18-27(19-21-30)31-22-24-37-39(26-31)43-38-25-23-28-10-4-5-13-32(28)42(37)38;1-2-10-28(11-3-1)41-34-14-6-8-16-36(34)42(37-17-9-7-15-35(37)41)29-20-18-27(19-21-29)32-22-23-33-38-24-30-12-4-5-13-31(30)25-40(38)43-39(33)26-32;1-2-11-26(12-3-1)36-29-13-4-6-15-31(29)37(32-16-7-5-14-30(32)36)27-23-21-25(22-24-27)28-18-10-20-35-38(28)33-17-8-9-19-34(33)39-35/h2*1-26H;1-24H/i2*6D,7D,8D,9D,14D,15D,16D,17D;4D,5D,6D,7D,13D,14D,15D,16D. The molecule has 0 aliphatic carbocycles. The Labute approximate surface area is 755 Å². The average molecular weight is 1610 g/mol. The van der Waals surface area contributed by atoms with Crippen LogP contribution in [0.3, 0.4) is 0 Å². The number of furan rings is 3. The molecule has 3 aromatic heterocycles. The van der Waals surface area contributed by atoms with Crippen molar-refractivity contribution >= 4 is 152 Å².